The third-order valence-corrected chi connectivity index (χ3v) is 3.89. The van der Waals surface area contributed by atoms with Crippen LogP contribution in [0.4, 0.5) is 0 Å². The zero-order chi connectivity index (χ0) is 13.6. The van der Waals surface area contributed by atoms with Crippen molar-refractivity contribution in [2.45, 2.75) is 25.1 Å². The van der Waals surface area contributed by atoms with E-state index in [-0.39, 0.29) is 5.92 Å². The second kappa shape index (κ2) is 6.42. The van der Waals surface area contributed by atoms with Gasteiger partial charge in [0.15, 0.2) is 0 Å². The summed E-state index contributed by atoms with van der Waals surface area (Å²) in [6.07, 6.45) is 0.356. The summed E-state index contributed by atoms with van der Waals surface area (Å²) in [5, 5.41) is 12.8. The highest BCUT2D eigenvalue weighted by atomic mass is 35.5. The highest BCUT2D eigenvalue weighted by Crippen LogP contribution is 2.40. The lowest BCUT2D eigenvalue weighted by molar-refractivity contribution is 0.210. The molecule has 0 saturated carbocycles. The molecule has 0 fully saturated rings. The molecule has 0 aromatic heterocycles. The fourth-order valence-corrected chi connectivity index (χ4v) is 2.25. The molecule has 96 valence electrons. The van der Waals surface area contributed by atoms with Crippen LogP contribution in [0, 0.1) is 17.2 Å². The van der Waals surface area contributed by atoms with E-state index in [1.165, 1.54) is 7.11 Å². The maximum Gasteiger partial charge on any atom is 0.114 e. The zero-order valence-corrected chi connectivity index (χ0v) is 11.6. The number of rotatable bonds is 5. The molecule has 18 heavy (non-hydrogen) atoms. The van der Waals surface area contributed by atoms with Gasteiger partial charge in [-0.25, -0.2) is 0 Å². The van der Waals surface area contributed by atoms with E-state index in [2.05, 4.69) is 11.2 Å². The molecule has 2 unspecified atom stereocenters. The van der Waals surface area contributed by atoms with Crippen LogP contribution in [0.2, 0.25) is 0 Å². The molecule has 0 N–H and O–H groups in total. The van der Waals surface area contributed by atoms with Gasteiger partial charge in [-0.3, -0.25) is 0 Å². The lowest BCUT2D eigenvalue weighted by Gasteiger charge is -2.32. The Labute approximate surface area is 113 Å². The van der Waals surface area contributed by atoms with Crippen molar-refractivity contribution in [2.75, 3.05) is 7.11 Å². The predicted octanol–water partition coefficient (Wildman–Crippen LogP) is 3.69. The predicted molar refractivity (Wildman–Crippen MR) is 73.5 cm³/mol. The largest absolute Gasteiger partial charge is 0.399 e. The summed E-state index contributed by atoms with van der Waals surface area (Å²) >= 11 is 6.76. The highest BCUT2D eigenvalue weighted by Gasteiger charge is 2.39. The van der Waals surface area contributed by atoms with E-state index in [9.17, 15) is 0 Å². The van der Waals surface area contributed by atoms with Crippen molar-refractivity contribution in [1.29, 1.82) is 5.26 Å². The number of hydrogen-bond donors (Lipinski definition) is 0. The first-order valence-corrected chi connectivity index (χ1v) is 6.14. The molecule has 3 nitrogen and oxygen atoms in total. The zero-order valence-electron chi connectivity index (χ0n) is 10.9. The molecule has 0 radical (unpaired) electrons. The summed E-state index contributed by atoms with van der Waals surface area (Å²) in [5.74, 6) is -0.0644. The van der Waals surface area contributed by atoms with E-state index >= 15 is 0 Å². The van der Waals surface area contributed by atoms with Crippen LogP contribution in [0.25, 0.3) is 0 Å². The van der Waals surface area contributed by atoms with E-state index in [0.717, 1.165) is 5.56 Å². The Bertz CT molecular complexity index is 453. The van der Waals surface area contributed by atoms with E-state index in [4.69, 9.17) is 21.7 Å². The van der Waals surface area contributed by atoms with Crippen LogP contribution < -0.4 is 0 Å². The lowest BCUT2D eigenvalue weighted by atomic mass is 9.81. The van der Waals surface area contributed by atoms with Crippen molar-refractivity contribution < 1.29 is 4.84 Å². The Morgan fingerprint density at radius 2 is 2.11 bits per heavy atom. The molecule has 0 spiro atoms. The fourth-order valence-electron chi connectivity index (χ4n) is 2.01. The van der Waals surface area contributed by atoms with E-state index in [1.54, 1.807) is 0 Å². The van der Waals surface area contributed by atoms with Gasteiger partial charge in [-0.1, -0.05) is 42.4 Å². The normalized spacial score (nSPS) is 16.5. The number of oxime groups is 1. The van der Waals surface area contributed by atoms with E-state index in [1.807, 2.05) is 44.2 Å². The first-order chi connectivity index (χ1) is 8.57. The van der Waals surface area contributed by atoms with Crippen LogP contribution >= 0.6 is 11.6 Å². The number of nitrogens with zero attached hydrogens (tertiary/aromatic N) is 2. The van der Waals surface area contributed by atoms with Crippen molar-refractivity contribution in [3.05, 3.63) is 35.9 Å². The molecule has 4 heteroatoms. The van der Waals surface area contributed by atoms with Crippen LogP contribution in [0.15, 0.2) is 35.5 Å². The van der Waals surface area contributed by atoms with Gasteiger partial charge in [0, 0.05) is 6.42 Å². The molecule has 0 amide bonds. The average Bonchev–Trinajstić information content (AvgIpc) is 2.39. The molecule has 0 aliphatic rings. The van der Waals surface area contributed by atoms with Gasteiger partial charge in [-0.2, -0.15) is 5.26 Å². The van der Waals surface area contributed by atoms with Crippen LogP contribution in [-0.2, 0) is 9.71 Å². The minimum absolute atomic E-state index is 0.0644. The van der Waals surface area contributed by atoms with Gasteiger partial charge in [0.25, 0.3) is 0 Å². The summed E-state index contributed by atoms with van der Waals surface area (Å²) in [6.45, 7) is 3.76. The quantitative estimate of drug-likeness (QED) is 0.462. The Morgan fingerprint density at radius 3 is 2.61 bits per heavy atom. The molecule has 0 bridgehead atoms. The highest BCUT2D eigenvalue weighted by molar-refractivity contribution is 6.36. The maximum absolute atomic E-state index is 8.88. The number of benzene rings is 1. The third kappa shape index (κ3) is 2.83. The van der Waals surface area contributed by atoms with Gasteiger partial charge in [-0.15, -0.1) is 11.6 Å². The van der Waals surface area contributed by atoms with Crippen LogP contribution in [0.3, 0.4) is 0 Å². The summed E-state index contributed by atoms with van der Waals surface area (Å²) in [5.41, 5.74) is 1.58. The second-order valence-corrected chi connectivity index (χ2v) is 4.80. The van der Waals surface area contributed by atoms with Gasteiger partial charge in [0.05, 0.1) is 11.8 Å². The number of nitriles is 1. The van der Waals surface area contributed by atoms with Crippen LogP contribution in [-0.4, -0.2) is 12.8 Å². The minimum atomic E-state index is -0.812. The monoisotopic (exact) mass is 264 g/mol. The Morgan fingerprint density at radius 1 is 1.50 bits per heavy atom. The Balaban J connectivity index is 3.26. The summed E-state index contributed by atoms with van der Waals surface area (Å²) in [7, 11) is 1.49. The number of halogens is 1. The molecule has 1 aromatic rings. The summed E-state index contributed by atoms with van der Waals surface area (Å²) in [4.78, 5) is 4.01. The molecule has 1 aromatic carbocycles. The SMILES string of the molecule is CON=C(C)C(Cl)(c1ccccc1)C(C)CC#N. The first kappa shape index (κ1) is 14.5. The van der Waals surface area contributed by atoms with Crippen molar-refractivity contribution in [2.24, 2.45) is 11.1 Å². The molecular formula is C14H17ClN2O. The molecule has 0 aliphatic heterocycles. The maximum atomic E-state index is 8.88. The van der Waals surface area contributed by atoms with Crippen molar-refractivity contribution in [3.8, 4) is 6.07 Å². The van der Waals surface area contributed by atoms with Gasteiger partial charge in [0.2, 0.25) is 0 Å². The van der Waals surface area contributed by atoms with Gasteiger partial charge < -0.3 is 4.84 Å². The van der Waals surface area contributed by atoms with Crippen LogP contribution in [0.5, 0.6) is 0 Å². The van der Waals surface area contributed by atoms with Crippen LogP contribution in [0.1, 0.15) is 25.8 Å². The molecule has 0 heterocycles. The fraction of sp³-hybridized carbons (Fsp3) is 0.429. The third-order valence-electron chi connectivity index (χ3n) is 3.03. The number of alkyl halides is 1. The second-order valence-electron chi connectivity index (χ2n) is 4.20. The van der Waals surface area contributed by atoms with Gasteiger partial charge >= 0.3 is 0 Å². The number of hydrogen-bond acceptors (Lipinski definition) is 3. The molecular weight excluding hydrogens is 248 g/mol. The van der Waals surface area contributed by atoms with Gasteiger partial charge in [-0.05, 0) is 18.4 Å². The smallest absolute Gasteiger partial charge is 0.114 e. The Hall–Kier alpha value is -1.53. The lowest BCUT2D eigenvalue weighted by Crippen LogP contribution is -2.35. The molecule has 2 atom stereocenters. The first-order valence-electron chi connectivity index (χ1n) is 5.77. The van der Waals surface area contributed by atoms with Gasteiger partial charge in [0.1, 0.15) is 12.0 Å². The van der Waals surface area contributed by atoms with Crippen molar-refractivity contribution >= 4 is 17.3 Å². The van der Waals surface area contributed by atoms with Crippen molar-refractivity contribution in [3.63, 3.8) is 0 Å². The molecule has 0 aliphatic carbocycles. The summed E-state index contributed by atoms with van der Waals surface area (Å²) < 4.78 is 0. The topological polar surface area (TPSA) is 45.4 Å². The van der Waals surface area contributed by atoms with E-state index < -0.39 is 4.87 Å². The van der Waals surface area contributed by atoms with E-state index in [0.29, 0.717) is 12.1 Å². The standard InChI is InChI=1S/C14H17ClN2O/c1-11(9-10-16)14(15,12(2)17-18-3)13-7-5-4-6-8-13/h4-8,11H,9H2,1-3H3. The summed E-state index contributed by atoms with van der Waals surface area (Å²) in [6, 6.07) is 11.8. The molecule has 1 rings (SSSR count). The average molecular weight is 265 g/mol. The minimum Gasteiger partial charge on any atom is -0.399 e. The Kier molecular flexibility index (Phi) is 5.18. The van der Waals surface area contributed by atoms with Crippen molar-refractivity contribution in [1.82, 2.24) is 0 Å². The molecule has 0 saturated heterocycles.